The summed E-state index contributed by atoms with van der Waals surface area (Å²) in [6.07, 6.45) is 6.73. The maximum Gasteiger partial charge on any atom is 0.312 e. The normalized spacial score (nSPS) is 17.3. The van der Waals surface area contributed by atoms with Crippen LogP contribution in [-0.2, 0) is 53.1 Å². The largest absolute Gasteiger partial charge is 0.380 e. The van der Waals surface area contributed by atoms with Crippen molar-refractivity contribution in [3.8, 4) is 0 Å². The van der Waals surface area contributed by atoms with E-state index >= 15 is 0 Å². The Morgan fingerprint density at radius 1 is 0.823 bits per heavy atom. The van der Waals surface area contributed by atoms with Gasteiger partial charge in [0.25, 0.3) is 27.7 Å². The lowest BCUT2D eigenvalue weighted by molar-refractivity contribution is -0.142. The number of likely N-dealkylation sites (tertiary alicyclic amines) is 1. The fraction of sp³-hybridized carbons (Fsp3) is 0.661. The minimum atomic E-state index is -4.47. The Bertz CT molecular complexity index is 2520. The van der Waals surface area contributed by atoms with E-state index in [2.05, 4.69) is 36.2 Å². The number of nitrogens with one attached hydrogen (secondary N) is 6. The topological polar surface area (TPSA) is 305 Å². The van der Waals surface area contributed by atoms with Crippen LogP contribution in [0.25, 0.3) is 0 Å². The average molecular weight is 1130 g/mol. The molecule has 5 atom stereocenters. The maximum atomic E-state index is 14.3. The number of hydrogen-bond donors (Lipinski definition) is 7. The second-order valence-corrected chi connectivity index (χ2v) is 26.2. The number of amides is 10. The van der Waals surface area contributed by atoms with E-state index in [1.165, 1.54) is 54.3 Å². The molecule has 2 aliphatic rings. The second kappa shape index (κ2) is 28.8. The van der Waals surface area contributed by atoms with Gasteiger partial charge in [-0.3, -0.25) is 48.2 Å². The number of nitrogens with two attached hydrogens (primary N) is 1. The van der Waals surface area contributed by atoms with Gasteiger partial charge in [-0.05, 0) is 99.9 Å². The van der Waals surface area contributed by atoms with E-state index in [0.29, 0.717) is 6.42 Å². The molecule has 3 rings (SSSR count). The smallest absolute Gasteiger partial charge is 0.312 e. The molecule has 1 fully saturated rings. The lowest BCUT2D eigenvalue weighted by atomic mass is 9.84. The first-order chi connectivity index (χ1) is 36.5. The average Bonchev–Trinajstić information content (AvgIpc) is 3.64. The van der Waals surface area contributed by atoms with E-state index in [4.69, 9.17) is 10.5 Å². The third-order valence-electron chi connectivity index (χ3n) is 13.8. The number of anilines is 1. The van der Waals surface area contributed by atoms with Crippen LogP contribution in [0.3, 0.4) is 0 Å². The molecule has 2 aliphatic heterocycles. The van der Waals surface area contributed by atoms with E-state index in [9.17, 15) is 51.6 Å². The molecule has 5 unspecified atom stereocenters. The summed E-state index contributed by atoms with van der Waals surface area (Å²) in [5, 5.41) is 13.7. The first-order valence-corrected chi connectivity index (χ1v) is 28.7. The fourth-order valence-electron chi connectivity index (χ4n) is 9.34. The molecule has 23 heteroatoms. The number of nitrogens with zero attached hydrogens (tertiary/aromatic N) is 3. The number of urea groups is 1. The molecule has 0 saturated carbocycles. The molecule has 1 saturated heterocycles. The Morgan fingerprint density at radius 2 is 1.42 bits per heavy atom. The van der Waals surface area contributed by atoms with Crippen LogP contribution in [0, 0.1) is 28.1 Å². The number of carbonyl (C=O) groups excluding carboxylic acids is 9. The Labute approximate surface area is 468 Å². The summed E-state index contributed by atoms with van der Waals surface area (Å²) in [7, 11) is -2.88. The molecule has 442 valence electrons. The number of carbonyl (C=O) groups is 9. The van der Waals surface area contributed by atoms with Crippen molar-refractivity contribution in [2.24, 2.45) is 33.8 Å². The van der Waals surface area contributed by atoms with Crippen molar-refractivity contribution in [2.45, 2.75) is 177 Å². The fourth-order valence-corrected chi connectivity index (χ4v) is 10.4. The van der Waals surface area contributed by atoms with Crippen molar-refractivity contribution >= 4 is 69.0 Å². The number of likely N-dealkylation sites (N-methyl/N-ethyl adjacent to an activating group) is 1. The Kier molecular flexibility index (Phi) is 24.4. The zero-order valence-electron chi connectivity index (χ0n) is 49.2. The number of rotatable bonds is 28. The van der Waals surface area contributed by atoms with Gasteiger partial charge >= 0.3 is 6.03 Å². The number of hydrogen-bond acceptors (Lipinski definition) is 13. The van der Waals surface area contributed by atoms with Gasteiger partial charge in [0.05, 0.1) is 30.2 Å². The van der Waals surface area contributed by atoms with Crippen LogP contribution in [-0.4, -0.2) is 153 Å². The summed E-state index contributed by atoms with van der Waals surface area (Å²) in [6.45, 7) is 27.0. The summed E-state index contributed by atoms with van der Waals surface area (Å²) in [5.41, 5.74) is 3.43. The lowest BCUT2D eigenvalue weighted by Gasteiger charge is -2.41. The van der Waals surface area contributed by atoms with Crippen LogP contribution >= 0.6 is 0 Å². The van der Waals surface area contributed by atoms with Crippen molar-refractivity contribution in [3.05, 3.63) is 48.1 Å². The van der Waals surface area contributed by atoms with Gasteiger partial charge in [0.2, 0.25) is 29.5 Å². The first-order valence-electron chi connectivity index (χ1n) is 27.2. The number of imide groups is 1. The molecule has 0 spiro atoms. The maximum absolute atomic E-state index is 14.3. The monoisotopic (exact) mass is 1130 g/mol. The molecule has 0 aliphatic carbocycles. The molecule has 22 nitrogen and oxygen atoms in total. The third-order valence-corrected chi connectivity index (χ3v) is 15.2. The van der Waals surface area contributed by atoms with Crippen molar-refractivity contribution in [1.29, 1.82) is 0 Å². The summed E-state index contributed by atoms with van der Waals surface area (Å²) in [5.74, 6) is -4.76. The highest BCUT2D eigenvalue weighted by Gasteiger charge is 2.41. The highest BCUT2D eigenvalue weighted by molar-refractivity contribution is 7.90. The Hall–Kier alpha value is -6.20. The molecular formula is C56H90N10O12S. The number of sulfonamides is 1. The van der Waals surface area contributed by atoms with Gasteiger partial charge in [-0.2, -0.15) is 0 Å². The van der Waals surface area contributed by atoms with Gasteiger partial charge in [0.1, 0.15) is 18.1 Å². The third kappa shape index (κ3) is 20.8. The van der Waals surface area contributed by atoms with Crippen molar-refractivity contribution in [1.82, 2.24) is 40.7 Å². The van der Waals surface area contributed by atoms with E-state index in [1.54, 1.807) is 20.9 Å². The van der Waals surface area contributed by atoms with Gasteiger partial charge < -0.3 is 42.0 Å². The molecule has 8 N–H and O–H groups in total. The van der Waals surface area contributed by atoms with Crippen molar-refractivity contribution < 1.29 is 56.3 Å². The van der Waals surface area contributed by atoms with Crippen molar-refractivity contribution in [3.63, 3.8) is 0 Å². The minimum absolute atomic E-state index is 0.0202. The SMILES string of the molecule is CC(=CC(C(C)C)N(C)C(=O)C(NC(=O)C1CCCCN1C(C)C)C(C)(C)C)C(=O)NS(=O)(=O)c1ccc(NC(=O)C(CCCNC(N)=O)NC(=O)C(NC(=O)CC(C)(C)COCC(C)(C)CN2C(=O)C=CC2=O)C(C)C)cc1. The molecular weight excluding hydrogens is 1040 g/mol. The summed E-state index contributed by atoms with van der Waals surface area (Å²) in [4.78, 5) is 123. The molecule has 0 radical (unpaired) electrons. The predicted octanol–water partition coefficient (Wildman–Crippen LogP) is 4.11. The summed E-state index contributed by atoms with van der Waals surface area (Å²) < 4.78 is 35.2. The van der Waals surface area contributed by atoms with Crippen LogP contribution in [0.2, 0.25) is 0 Å². The van der Waals surface area contributed by atoms with Crippen LogP contribution in [0.1, 0.15) is 135 Å². The summed E-state index contributed by atoms with van der Waals surface area (Å²) in [6, 6.07) is 0.120. The highest BCUT2D eigenvalue weighted by Crippen LogP contribution is 2.28. The van der Waals surface area contributed by atoms with Gasteiger partial charge in [-0.15, -0.1) is 0 Å². The molecule has 10 amide bonds. The predicted molar refractivity (Wildman–Crippen MR) is 301 cm³/mol. The molecule has 79 heavy (non-hydrogen) atoms. The lowest BCUT2D eigenvalue weighted by Crippen LogP contribution is -2.60. The molecule has 1 aromatic rings. The van der Waals surface area contributed by atoms with Crippen molar-refractivity contribution in [2.75, 3.05) is 45.2 Å². The van der Waals surface area contributed by atoms with E-state index in [1.807, 2.05) is 76.2 Å². The van der Waals surface area contributed by atoms with E-state index < -0.39 is 97.8 Å². The zero-order chi connectivity index (χ0) is 60.0. The first kappa shape index (κ1) is 67.1. The molecule has 2 heterocycles. The van der Waals surface area contributed by atoms with Crippen LogP contribution in [0.4, 0.5) is 10.5 Å². The number of benzene rings is 1. The standard InChI is InChI=1S/C56H90N10O12S/c1-34(2)42(64(15)52(74)47(54(8,9)10)62-50(72)41-20-16-17-28-65(41)36(5)6)29-37(7)48(70)63-79(76,77)39-23-21-38(22-24-39)59-49(71)40(19-18-27-58-53(57)75)60-51(73)46(35(3)4)61-43(67)30-55(11,12)32-78-33-56(13,14)31-66-44(68)25-26-45(66)69/h21-26,29,34-36,40-42,46-47H,16-20,27-28,30-33H2,1-15H3,(H,59,71)(H,60,73)(H,61,67)(H,62,72)(H,63,70)(H3,57,58,75). The van der Waals surface area contributed by atoms with E-state index in [-0.39, 0.29) is 91.5 Å². The van der Waals surface area contributed by atoms with Crippen LogP contribution in [0.5, 0.6) is 0 Å². The van der Waals surface area contributed by atoms with Crippen LogP contribution < -0.4 is 37.0 Å². The Morgan fingerprint density at radius 3 is 1.96 bits per heavy atom. The van der Waals surface area contributed by atoms with Gasteiger partial charge in [0, 0.05) is 61.4 Å². The number of primary amides is 1. The zero-order valence-corrected chi connectivity index (χ0v) is 50.0. The molecule has 0 bridgehead atoms. The minimum Gasteiger partial charge on any atom is -0.380 e. The van der Waals surface area contributed by atoms with Gasteiger partial charge in [-0.1, -0.05) is 88.7 Å². The van der Waals surface area contributed by atoms with Gasteiger partial charge in [-0.25, -0.2) is 17.9 Å². The quantitative estimate of drug-likeness (QED) is 0.0354. The summed E-state index contributed by atoms with van der Waals surface area (Å²) >= 11 is 0. The Balaban J connectivity index is 1.70. The molecule has 1 aromatic carbocycles. The molecule has 0 aromatic heterocycles. The number of ether oxygens (including phenoxy) is 1. The highest BCUT2D eigenvalue weighted by atomic mass is 32.2. The van der Waals surface area contributed by atoms with Crippen LogP contribution in [0.15, 0.2) is 53.0 Å². The van der Waals surface area contributed by atoms with E-state index in [0.717, 1.165) is 24.3 Å². The second-order valence-electron chi connectivity index (χ2n) is 24.5. The van der Waals surface area contributed by atoms with Gasteiger partial charge in [0.15, 0.2) is 0 Å². The number of piperidine rings is 1.